The third-order valence-corrected chi connectivity index (χ3v) is 4.96. The van der Waals surface area contributed by atoms with Crippen LogP contribution in [0.3, 0.4) is 0 Å². The zero-order chi connectivity index (χ0) is 13.1. The highest BCUT2D eigenvalue weighted by Crippen LogP contribution is 2.27. The highest BCUT2D eigenvalue weighted by atomic mass is 32.2. The third kappa shape index (κ3) is 7.48. The highest BCUT2D eigenvalue weighted by Gasteiger charge is 2.18. The summed E-state index contributed by atoms with van der Waals surface area (Å²) in [5.74, 6) is 3.77. The van der Waals surface area contributed by atoms with E-state index in [1.165, 1.54) is 62.9 Å². The summed E-state index contributed by atoms with van der Waals surface area (Å²) in [7, 11) is 0. The molecule has 1 aliphatic rings. The number of thioether (sulfide) groups is 1. The fourth-order valence-electron chi connectivity index (χ4n) is 2.83. The summed E-state index contributed by atoms with van der Waals surface area (Å²) >= 11 is 2.14. The SMILES string of the molecule is C=CCCCCCC(CC1CCSCC1)NCC. The smallest absolute Gasteiger partial charge is 0.00695 e. The number of hydrogen-bond acceptors (Lipinski definition) is 2. The summed E-state index contributed by atoms with van der Waals surface area (Å²) < 4.78 is 0. The molecule has 0 radical (unpaired) electrons. The van der Waals surface area contributed by atoms with Gasteiger partial charge < -0.3 is 5.32 Å². The second kappa shape index (κ2) is 10.9. The normalized spacial score (nSPS) is 18.7. The molecule has 106 valence electrons. The number of unbranched alkanes of at least 4 members (excludes halogenated alkanes) is 3. The first-order valence-corrected chi connectivity index (χ1v) is 8.94. The van der Waals surface area contributed by atoms with E-state index in [4.69, 9.17) is 0 Å². The van der Waals surface area contributed by atoms with Crippen molar-refractivity contribution < 1.29 is 0 Å². The van der Waals surface area contributed by atoms with Gasteiger partial charge in [0.2, 0.25) is 0 Å². The van der Waals surface area contributed by atoms with E-state index in [1.54, 1.807) is 0 Å². The molecule has 0 spiro atoms. The molecule has 1 heterocycles. The van der Waals surface area contributed by atoms with Gasteiger partial charge in [0.15, 0.2) is 0 Å². The second-order valence-corrected chi connectivity index (χ2v) is 6.70. The van der Waals surface area contributed by atoms with Crippen LogP contribution in [0.5, 0.6) is 0 Å². The van der Waals surface area contributed by atoms with Gasteiger partial charge in [-0.05, 0) is 62.5 Å². The molecule has 1 N–H and O–H groups in total. The Hall–Kier alpha value is 0.0500. The van der Waals surface area contributed by atoms with Crippen molar-refractivity contribution in [3.05, 3.63) is 12.7 Å². The molecule has 0 bridgehead atoms. The Bertz CT molecular complexity index is 199. The van der Waals surface area contributed by atoms with Crippen molar-refractivity contribution in [2.75, 3.05) is 18.1 Å². The average molecular weight is 269 g/mol. The van der Waals surface area contributed by atoms with Gasteiger partial charge in [-0.2, -0.15) is 11.8 Å². The molecule has 1 fully saturated rings. The summed E-state index contributed by atoms with van der Waals surface area (Å²) in [6.07, 6.45) is 13.0. The van der Waals surface area contributed by atoms with Gasteiger partial charge in [0.25, 0.3) is 0 Å². The Morgan fingerprint density at radius 2 is 2.06 bits per heavy atom. The first-order valence-electron chi connectivity index (χ1n) is 7.78. The average Bonchev–Trinajstić information content (AvgIpc) is 2.40. The first kappa shape index (κ1) is 16.1. The monoisotopic (exact) mass is 269 g/mol. The molecule has 0 saturated carbocycles. The van der Waals surface area contributed by atoms with Gasteiger partial charge in [0.05, 0.1) is 0 Å². The van der Waals surface area contributed by atoms with E-state index in [1.807, 2.05) is 6.08 Å². The number of nitrogens with one attached hydrogen (secondary N) is 1. The quantitative estimate of drug-likeness (QED) is 0.458. The van der Waals surface area contributed by atoms with Crippen LogP contribution in [0.4, 0.5) is 0 Å². The van der Waals surface area contributed by atoms with Gasteiger partial charge in [-0.25, -0.2) is 0 Å². The first-order chi connectivity index (χ1) is 8.86. The summed E-state index contributed by atoms with van der Waals surface area (Å²) in [5, 5.41) is 3.69. The molecule has 1 aliphatic heterocycles. The molecule has 1 rings (SSSR count). The molecule has 1 nitrogen and oxygen atoms in total. The third-order valence-electron chi connectivity index (χ3n) is 3.91. The van der Waals surface area contributed by atoms with Crippen molar-refractivity contribution in [3.8, 4) is 0 Å². The Morgan fingerprint density at radius 3 is 2.72 bits per heavy atom. The molecule has 0 aliphatic carbocycles. The van der Waals surface area contributed by atoms with Crippen LogP contribution in [0.2, 0.25) is 0 Å². The lowest BCUT2D eigenvalue weighted by atomic mass is 9.91. The van der Waals surface area contributed by atoms with Gasteiger partial charge in [-0.1, -0.05) is 25.8 Å². The standard InChI is InChI=1S/C16H31NS/c1-3-5-6-7-8-9-16(17-4-2)14-15-10-12-18-13-11-15/h3,15-17H,1,4-14H2,2H3. The largest absolute Gasteiger partial charge is 0.314 e. The van der Waals surface area contributed by atoms with Crippen LogP contribution in [0.25, 0.3) is 0 Å². The maximum absolute atomic E-state index is 3.79. The maximum atomic E-state index is 3.79. The van der Waals surface area contributed by atoms with Gasteiger partial charge in [0, 0.05) is 6.04 Å². The van der Waals surface area contributed by atoms with Crippen molar-refractivity contribution in [2.24, 2.45) is 5.92 Å². The van der Waals surface area contributed by atoms with Gasteiger partial charge in [-0.3, -0.25) is 0 Å². The summed E-state index contributed by atoms with van der Waals surface area (Å²) in [6, 6.07) is 0.770. The van der Waals surface area contributed by atoms with E-state index in [2.05, 4.69) is 30.6 Å². The summed E-state index contributed by atoms with van der Waals surface area (Å²) in [4.78, 5) is 0. The van der Waals surface area contributed by atoms with Crippen LogP contribution in [0.15, 0.2) is 12.7 Å². The molecule has 0 aromatic rings. The molecule has 0 aromatic heterocycles. The van der Waals surface area contributed by atoms with E-state index in [0.717, 1.165) is 18.5 Å². The lowest BCUT2D eigenvalue weighted by molar-refractivity contribution is 0.347. The fourth-order valence-corrected chi connectivity index (χ4v) is 4.04. The lowest BCUT2D eigenvalue weighted by Crippen LogP contribution is -2.32. The van der Waals surface area contributed by atoms with E-state index < -0.39 is 0 Å². The Balaban J connectivity index is 2.14. The fraction of sp³-hybridized carbons (Fsp3) is 0.875. The summed E-state index contributed by atoms with van der Waals surface area (Å²) in [6.45, 7) is 7.15. The second-order valence-electron chi connectivity index (χ2n) is 5.47. The summed E-state index contributed by atoms with van der Waals surface area (Å²) in [5.41, 5.74) is 0. The molecule has 0 amide bonds. The van der Waals surface area contributed by atoms with Crippen LogP contribution in [0.1, 0.15) is 58.3 Å². The van der Waals surface area contributed by atoms with Crippen LogP contribution in [0, 0.1) is 5.92 Å². The van der Waals surface area contributed by atoms with Crippen molar-refractivity contribution in [3.63, 3.8) is 0 Å². The molecule has 1 saturated heterocycles. The lowest BCUT2D eigenvalue weighted by Gasteiger charge is -2.27. The Labute approximate surface area is 118 Å². The molecule has 0 aromatic carbocycles. The minimum atomic E-state index is 0.770. The molecular formula is C16H31NS. The highest BCUT2D eigenvalue weighted by molar-refractivity contribution is 7.99. The van der Waals surface area contributed by atoms with Crippen molar-refractivity contribution in [1.82, 2.24) is 5.32 Å². The number of hydrogen-bond donors (Lipinski definition) is 1. The van der Waals surface area contributed by atoms with Crippen LogP contribution in [-0.4, -0.2) is 24.1 Å². The molecule has 18 heavy (non-hydrogen) atoms. The Kier molecular flexibility index (Phi) is 9.78. The maximum Gasteiger partial charge on any atom is 0.00695 e. The van der Waals surface area contributed by atoms with E-state index in [9.17, 15) is 0 Å². The zero-order valence-corrected chi connectivity index (χ0v) is 12.9. The topological polar surface area (TPSA) is 12.0 Å². The van der Waals surface area contributed by atoms with Gasteiger partial charge in [0.1, 0.15) is 0 Å². The van der Waals surface area contributed by atoms with E-state index >= 15 is 0 Å². The van der Waals surface area contributed by atoms with Gasteiger partial charge in [-0.15, -0.1) is 6.58 Å². The van der Waals surface area contributed by atoms with Crippen LogP contribution < -0.4 is 5.32 Å². The molecule has 2 heteroatoms. The van der Waals surface area contributed by atoms with E-state index in [0.29, 0.717) is 0 Å². The Morgan fingerprint density at radius 1 is 1.28 bits per heavy atom. The number of allylic oxidation sites excluding steroid dienone is 1. The minimum Gasteiger partial charge on any atom is -0.314 e. The van der Waals surface area contributed by atoms with Gasteiger partial charge >= 0.3 is 0 Å². The molecule has 1 atom stereocenters. The van der Waals surface area contributed by atoms with Crippen molar-refractivity contribution >= 4 is 11.8 Å². The van der Waals surface area contributed by atoms with Crippen molar-refractivity contribution in [1.29, 1.82) is 0 Å². The van der Waals surface area contributed by atoms with Crippen molar-refractivity contribution in [2.45, 2.75) is 64.3 Å². The molecule has 1 unspecified atom stereocenters. The predicted octanol–water partition coefficient (Wildman–Crippen LogP) is 4.63. The minimum absolute atomic E-state index is 0.770. The van der Waals surface area contributed by atoms with E-state index in [-0.39, 0.29) is 0 Å². The number of rotatable bonds is 10. The predicted molar refractivity (Wildman–Crippen MR) is 85.4 cm³/mol. The van der Waals surface area contributed by atoms with Crippen LogP contribution in [-0.2, 0) is 0 Å². The van der Waals surface area contributed by atoms with Crippen LogP contribution >= 0.6 is 11.8 Å². The molecular weight excluding hydrogens is 238 g/mol. The zero-order valence-electron chi connectivity index (χ0n) is 12.1.